The number of likely N-dealkylation sites (tertiary alicyclic amines) is 2. The Kier molecular flexibility index (Phi) is 6.60. The SMILES string of the molecule is O=C(NC1CCN(C(=O)c2ccncc2)CC1)C1CCCN1C(=O)Cc1ccccc1. The summed E-state index contributed by atoms with van der Waals surface area (Å²) >= 11 is 0. The van der Waals surface area contributed by atoms with Crippen LogP contribution in [0, 0.1) is 0 Å². The molecule has 2 aliphatic heterocycles. The van der Waals surface area contributed by atoms with E-state index < -0.39 is 6.04 Å². The number of carbonyl (C=O) groups excluding carboxylic acids is 3. The van der Waals surface area contributed by atoms with Crippen LogP contribution in [-0.2, 0) is 16.0 Å². The van der Waals surface area contributed by atoms with E-state index in [-0.39, 0.29) is 23.8 Å². The molecule has 2 aliphatic rings. The van der Waals surface area contributed by atoms with Crippen molar-refractivity contribution in [1.29, 1.82) is 0 Å². The van der Waals surface area contributed by atoms with Gasteiger partial charge in [-0.15, -0.1) is 0 Å². The van der Waals surface area contributed by atoms with Crippen molar-refractivity contribution in [3.05, 3.63) is 66.0 Å². The summed E-state index contributed by atoms with van der Waals surface area (Å²) in [6, 6.07) is 12.7. The highest BCUT2D eigenvalue weighted by Gasteiger charge is 2.35. The van der Waals surface area contributed by atoms with E-state index in [0.717, 1.165) is 12.0 Å². The van der Waals surface area contributed by atoms with Crippen molar-refractivity contribution < 1.29 is 14.4 Å². The van der Waals surface area contributed by atoms with E-state index in [1.807, 2.05) is 35.2 Å². The summed E-state index contributed by atoms with van der Waals surface area (Å²) in [6.45, 7) is 1.84. The Bertz CT molecular complexity index is 911. The average molecular weight is 421 g/mol. The molecule has 0 saturated carbocycles. The second kappa shape index (κ2) is 9.73. The molecule has 3 amide bonds. The standard InChI is InChI=1S/C24H28N4O3/c29-22(17-18-5-2-1-3-6-18)28-14-4-7-21(28)23(30)26-20-10-15-27(16-11-20)24(31)19-8-12-25-13-9-19/h1-3,5-6,8-9,12-13,20-21H,4,7,10-11,14-17H2,(H,26,30). The number of nitrogens with one attached hydrogen (secondary N) is 1. The molecule has 7 heteroatoms. The summed E-state index contributed by atoms with van der Waals surface area (Å²) in [4.78, 5) is 45.8. The molecular formula is C24H28N4O3. The third kappa shape index (κ3) is 5.10. The molecule has 0 spiro atoms. The molecule has 1 aromatic heterocycles. The second-order valence-electron chi connectivity index (χ2n) is 8.22. The average Bonchev–Trinajstić information content (AvgIpc) is 3.31. The van der Waals surface area contributed by atoms with Gasteiger partial charge in [-0.3, -0.25) is 19.4 Å². The van der Waals surface area contributed by atoms with Crippen molar-refractivity contribution in [3.8, 4) is 0 Å². The molecule has 7 nitrogen and oxygen atoms in total. The van der Waals surface area contributed by atoms with Crippen LogP contribution in [0.2, 0.25) is 0 Å². The van der Waals surface area contributed by atoms with Gasteiger partial charge in [-0.2, -0.15) is 0 Å². The zero-order chi connectivity index (χ0) is 21.6. The van der Waals surface area contributed by atoms with Crippen molar-refractivity contribution in [2.45, 2.75) is 44.2 Å². The summed E-state index contributed by atoms with van der Waals surface area (Å²) in [7, 11) is 0. The van der Waals surface area contributed by atoms with Crippen LogP contribution < -0.4 is 5.32 Å². The smallest absolute Gasteiger partial charge is 0.253 e. The van der Waals surface area contributed by atoms with Gasteiger partial charge < -0.3 is 15.1 Å². The van der Waals surface area contributed by atoms with Crippen molar-refractivity contribution in [2.75, 3.05) is 19.6 Å². The monoisotopic (exact) mass is 420 g/mol. The minimum atomic E-state index is -0.396. The number of amides is 3. The van der Waals surface area contributed by atoms with E-state index in [2.05, 4.69) is 10.3 Å². The van der Waals surface area contributed by atoms with Gasteiger partial charge in [0.15, 0.2) is 0 Å². The minimum Gasteiger partial charge on any atom is -0.351 e. The first-order chi connectivity index (χ1) is 15.1. The van der Waals surface area contributed by atoms with Crippen molar-refractivity contribution in [3.63, 3.8) is 0 Å². The Morgan fingerprint density at radius 1 is 0.935 bits per heavy atom. The van der Waals surface area contributed by atoms with Gasteiger partial charge in [0.2, 0.25) is 11.8 Å². The quantitative estimate of drug-likeness (QED) is 0.803. The number of nitrogens with zero attached hydrogens (tertiary/aromatic N) is 3. The van der Waals surface area contributed by atoms with Crippen LogP contribution in [0.4, 0.5) is 0 Å². The largest absolute Gasteiger partial charge is 0.351 e. The number of hydrogen-bond donors (Lipinski definition) is 1. The molecule has 2 saturated heterocycles. The second-order valence-corrected chi connectivity index (χ2v) is 8.22. The van der Waals surface area contributed by atoms with Crippen LogP contribution in [0.15, 0.2) is 54.9 Å². The molecule has 1 aromatic carbocycles. The predicted octanol–water partition coefficient (Wildman–Crippen LogP) is 2.04. The van der Waals surface area contributed by atoms with Gasteiger partial charge in [0.25, 0.3) is 5.91 Å². The maximum atomic E-state index is 12.9. The molecule has 1 unspecified atom stereocenters. The lowest BCUT2D eigenvalue weighted by molar-refractivity contribution is -0.138. The van der Waals surface area contributed by atoms with Gasteiger partial charge in [0, 0.05) is 43.6 Å². The first kappa shape index (κ1) is 21.0. The zero-order valence-electron chi connectivity index (χ0n) is 17.6. The van der Waals surface area contributed by atoms with E-state index in [0.29, 0.717) is 50.9 Å². The molecule has 1 N–H and O–H groups in total. The third-order valence-electron chi connectivity index (χ3n) is 6.13. The first-order valence-corrected chi connectivity index (χ1v) is 10.9. The van der Waals surface area contributed by atoms with Gasteiger partial charge in [0.1, 0.15) is 6.04 Å². The molecule has 2 fully saturated rings. The van der Waals surface area contributed by atoms with E-state index in [4.69, 9.17) is 0 Å². The van der Waals surface area contributed by atoms with E-state index in [1.165, 1.54) is 0 Å². The summed E-state index contributed by atoms with van der Waals surface area (Å²) in [6.07, 6.45) is 6.53. The van der Waals surface area contributed by atoms with Crippen LogP contribution in [0.1, 0.15) is 41.6 Å². The molecule has 162 valence electrons. The molecular weight excluding hydrogens is 392 g/mol. The molecule has 0 aliphatic carbocycles. The number of pyridine rings is 1. The normalized spacial score (nSPS) is 19.3. The number of hydrogen-bond acceptors (Lipinski definition) is 4. The Morgan fingerprint density at radius 3 is 2.35 bits per heavy atom. The number of rotatable bonds is 5. The van der Waals surface area contributed by atoms with Crippen LogP contribution in [0.5, 0.6) is 0 Å². The van der Waals surface area contributed by atoms with Crippen molar-refractivity contribution in [1.82, 2.24) is 20.1 Å². The van der Waals surface area contributed by atoms with Gasteiger partial charge >= 0.3 is 0 Å². The molecule has 2 aromatic rings. The van der Waals surface area contributed by atoms with E-state index >= 15 is 0 Å². The topological polar surface area (TPSA) is 82.6 Å². The van der Waals surface area contributed by atoms with Gasteiger partial charge in [-0.25, -0.2) is 0 Å². The number of benzene rings is 1. The van der Waals surface area contributed by atoms with Crippen LogP contribution >= 0.6 is 0 Å². The number of carbonyl (C=O) groups is 3. The lowest BCUT2D eigenvalue weighted by Crippen LogP contribution is -2.52. The fourth-order valence-electron chi connectivity index (χ4n) is 4.41. The molecule has 0 bridgehead atoms. The lowest BCUT2D eigenvalue weighted by Gasteiger charge is -2.33. The Hall–Kier alpha value is -3.22. The van der Waals surface area contributed by atoms with Gasteiger partial charge in [0.05, 0.1) is 6.42 Å². The fourth-order valence-corrected chi connectivity index (χ4v) is 4.41. The highest BCUT2D eigenvalue weighted by Crippen LogP contribution is 2.20. The van der Waals surface area contributed by atoms with Crippen LogP contribution in [0.3, 0.4) is 0 Å². The third-order valence-corrected chi connectivity index (χ3v) is 6.13. The molecule has 31 heavy (non-hydrogen) atoms. The van der Waals surface area contributed by atoms with Crippen molar-refractivity contribution >= 4 is 17.7 Å². The number of piperidine rings is 1. The fraction of sp³-hybridized carbons (Fsp3) is 0.417. The Labute approximate surface area is 182 Å². The summed E-state index contributed by atoms with van der Waals surface area (Å²) in [5, 5.41) is 3.13. The van der Waals surface area contributed by atoms with Gasteiger partial charge in [-0.05, 0) is 43.4 Å². The van der Waals surface area contributed by atoms with E-state index in [1.54, 1.807) is 29.4 Å². The molecule has 0 radical (unpaired) electrons. The predicted molar refractivity (Wildman–Crippen MR) is 116 cm³/mol. The van der Waals surface area contributed by atoms with E-state index in [9.17, 15) is 14.4 Å². The highest BCUT2D eigenvalue weighted by atomic mass is 16.2. The maximum Gasteiger partial charge on any atom is 0.253 e. The van der Waals surface area contributed by atoms with Gasteiger partial charge in [-0.1, -0.05) is 30.3 Å². The molecule has 1 atom stereocenters. The zero-order valence-corrected chi connectivity index (χ0v) is 17.6. The summed E-state index contributed by atoms with van der Waals surface area (Å²) in [5.41, 5.74) is 1.60. The van der Waals surface area contributed by atoms with Crippen molar-refractivity contribution in [2.24, 2.45) is 0 Å². The lowest BCUT2D eigenvalue weighted by atomic mass is 10.0. The maximum absolute atomic E-state index is 12.9. The Balaban J connectivity index is 1.28. The molecule has 3 heterocycles. The highest BCUT2D eigenvalue weighted by molar-refractivity contribution is 5.94. The summed E-state index contributed by atoms with van der Waals surface area (Å²) in [5.74, 6) is -0.0694. The van der Waals surface area contributed by atoms with Crippen LogP contribution in [-0.4, -0.2) is 64.2 Å². The Morgan fingerprint density at radius 2 is 1.65 bits per heavy atom. The minimum absolute atomic E-state index is 0.000605. The number of aromatic nitrogens is 1. The molecule has 4 rings (SSSR count). The van der Waals surface area contributed by atoms with Crippen LogP contribution in [0.25, 0.3) is 0 Å². The summed E-state index contributed by atoms with van der Waals surface area (Å²) < 4.78 is 0. The first-order valence-electron chi connectivity index (χ1n) is 10.9.